The van der Waals surface area contributed by atoms with Crippen LogP contribution in [-0.2, 0) is 4.79 Å². The summed E-state index contributed by atoms with van der Waals surface area (Å²) in [6.07, 6.45) is 9.75. The van der Waals surface area contributed by atoms with Gasteiger partial charge in [0.05, 0.1) is 0 Å². The number of carbonyl (C=O) groups is 1. The van der Waals surface area contributed by atoms with E-state index in [0.29, 0.717) is 12.5 Å². The van der Waals surface area contributed by atoms with E-state index < -0.39 is 0 Å². The van der Waals surface area contributed by atoms with Crippen LogP contribution in [0.4, 0.5) is 0 Å². The first kappa shape index (κ1) is 18.4. The third kappa shape index (κ3) is 9.06. The lowest BCUT2D eigenvalue weighted by Gasteiger charge is -2.24. The van der Waals surface area contributed by atoms with Crippen molar-refractivity contribution in [3.63, 3.8) is 0 Å². The van der Waals surface area contributed by atoms with Gasteiger partial charge in [-0.2, -0.15) is 0 Å². The van der Waals surface area contributed by atoms with Crippen LogP contribution in [0, 0.1) is 0 Å². The monoisotopic (exact) mass is 298 g/mol. The van der Waals surface area contributed by atoms with Crippen LogP contribution in [-0.4, -0.2) is 49.6 Å². The minimum absolute atomic E-state index is 0.222. The van der Waals surface area contributed by atoms with Crippen LogP contribution < -0.4 is 16.8 Å². The van der Waals surface area contributed by atoms with Gasteiger partial charge in [0.25, 0.3) is 0 Å². The third-order valence-electron chi connectivity index (χ3n) is 4.21. The lowest BCUT2D eigenvalue weighted by molar-refractivity contribution is -0.122. The lowest BCUT2D eigenvalue weighted by Crippen LogP contribution is -2.36. The summed E-state index contributed by atoms with van der Waals surface area (Å²) in [4.78, 5) is 14.3. The van der Waals surface area contributed by atoms with Crippen LogP contribution in [0.1, 0.15) is 57.8 Å². The molecule has 1 fully saturated rings. The molecule has 0 aromatic rings. The van der Waals surface area contributed by atoms with Crippen LogP contribution in [0.2, 0.25) is 0 Å². The number of nitrogens with zero attached hydrogens (tertiary/aromatic N) is 1. The third-order valence-corrected chi connectivity index (χ3v) is 4.21. The van der Waals surface area contributed by atoms with E-state index in [0.717, 1.165) is 64.8 Å². The van der Waals surface area contributed by atoms with Gasteiger partial charge in [0, 0.05) is 12.5 Å². The van der Waals surface area contributed by atoms with Gasteiger partial charge in [0.15, 0.2) is 0 Å². The van der Waals surface area contributed by atoms with Gasteiger partial charge < -0.3 is 21.7 Å². The van der Waals surface area contributed by atoms with Gasteiger partial charge in [-0.25, -0.2) is 0 Å². The second-order valence-corrected chi connectivity index (χ2v) is 6.13. The summed E-state index contributed by atoms with van der Waals surface area (Å²) < 4.78 is 0. The fourth-order valence-corrected chi connectivity index (χ4v) is 2.98. The summed E-state index contributed by atoms with van der Waals surface area (Å²) in [5, 5.41) is 3.18. The first-order chi connectivity index (χ1) is 10.3. The highest BCUT2D eigenvalue weighted by molar-refractivity contribution is 5.76. The van der Waals surface area contributed by atoms with Crippen molar-refractivity contribution in [1.29, 1.82) is 0 Å². The second-order valence-electron chi connectivity index (χ2n) is 6.13. The quantitative estimate of drug-likeness (QED) is 0.535. The molecule has 1 aliphatic carbocycles. The van der Waals surface area contributed by atoms with Gasteiger partial charge >= 0.3 is 0 Å². The molecule has 0 unspecified atom stereocenters. The van der Waals surface area contributed by atoms with Gasteiger partial charge in [-0.05, 0) is 64.8 Å². The Morgan fingerprint density at radius 2 is 1.52 bits per heavy atom. The number of hydrogen-bond donors (Lipinski definition) is 3. The average molecular weight is 298 g/mol. The molecule has 5 nitrogen and oxygen atoms in total. The highest BCUT2D eigenvalue weighted by Crippen LogP contribution is 2.17. The van der Waals surface area contributed by atoms with Gasteiger partial charge in [-0.1, -0.05) is 19.3 Å². The number of nitrogens with one attached hydrogen (secondary N) is 1. The van der Waals surface area contributed by atoms with Crippen molar-refractivity contribution < 1.29 is 4.79 Å². The molecule has 1 rings (SSSR count). The van der Waals surface area contributed by atoms with E-state index in [1.54, 1.807) is 0 Å². The summed E-state index contributed by atoms with van der Waals surface area (Å²) in [5.41, 5.74) is 11.1. The molecular formula is C16H34N4O. The van der Waals surface area contributed by atoms with E-state index in [2.05, 4.69) is 10.2 Å². The van der Waals surface area contributed by atoms with E-state index in [-0.39, 0.29) is 5.91 Å². The standard InChI is InChI=1S/C16H34N4O/c17-10-5-13-20(14-6-11-18)12-4-9-16(21)19-15-7-2-1-3-8-15/h15H,1-14,17-18H2,(H,19,21). The van der Waals surface area contributed by atoms with E-state index >= 15 is 0 Å². The number of amides is 1. The summed E-state index contributed by atoms with van der Waals surface area (Å²) in [5.74, 6) is 0.222. The van der Waals surface area contributed by atoms with E-state index in [4.69, 9.17) is 11.5 Å². The van der Waals surface area contributed by atoms with E-state index in [1.165, 1.54) is 19.3 Å². The molecule has 0 aliphatic heterocycles. The minimum Gasteiger partial charge on any atom is -0.353 e. The van der Waals surface area contributed by atoms with Crippen LogP contribution in [0.5, 0.6) is 0 Å². The molecule has 1 amide bonds. The predicted molar refractivity (Wildman–Crippen MR) is 88.0 cm³/mol. The molecule has 0 bridgehead atoms. The van der Waals surface area contributed by atoms with Gasteiger partial charge in [-0.15, -0.1) is 0 Å². The molecule has 1 saturated carbocycles. The smallest absolute Gasteiger partial charge is 0.220 e. The Bertz CT molecular complexity index is 259. The molecule has 0 spiro atoms. The largest absolute Gasteiger partial charge is 0.353 e. The molecule has 0 aromatic carbocycles. The van der Waals surface area contributed by atoms with Crippen molar-refractivity contribution in [2.45, 2.75) is 63.8 Å². The highest BCUT2D eigenvalue weighted by Gasteiger charge is 2.15. The fourth-order valence-electron chi connectivity index (χ4n) is 2.98. The van der Waals surface area contributed by atoms with Crippen LogP contribution >= 0.6 is 0 Å². The SMILES string of the molecule is NCCCN(CCCN)CCCC(=O)NC1CCCCC1. The Morgan fingerprint density at radius 1 is 0.952 bits per heavy atom. The zero-order chi connectivity index (χ0) is 15.3. The maximum atomic E-state index is 12.0. The number of hydrogen-bond acceptors (Lipinski definition) is 4. The Morgan fingerprint density at radius 3 is 2.10 bits per heavy atom. The second kappa shape index (κ2) is 12.0. The van der Waals surface area contributed by atoms with Crippen molar-refractivity contribution in [3.8, 4) is 0 Å². The summed E-state index contributed by atoms with van der Waals surface area (Å²) in [6, 6.07) is 0.428. The summed E-state index contributed by atoms with van der Waals surface area (Å²) in [7, 11) is 0. The maximum Gasteiger partial charge on any atom is 0.220 e. The zero-order valence-corrected chi connectivity index (χ0v) is 13.5. The normalized spacial score (nSPS) is 16.3. The van der Waals surface area contributed by atoms with E-state index in [1.807, 2.05) is 0 Å². The Kier molecular flexibility index (Phi) is 10.5. The highest BCUT2D eigenvalue weighted by atomic mass is 16.1. The molecular weight excluding hydrogens is 264 g/mol. The van der Waals surface area contributed by atoms with Crippen molar-refractivity contribution in [2.75, 3.05) is 32.7 Å². The van der Waals surface area contributed by atoms with Crippen molar-refractivity contribution in [2.24, 2.45) is 11.5 Å². The van der Waals surface area contributed by atoms with Crippen LogP contribution in [0.25, 0.3) is 0 Å². The average Bonchev–Trinajstić information content (AvgIpc) is 2.50. The Balaban J connectivity index is 2.13. The number of rotatable bonds is 11. The molecule has 5 N–H and O–H groups in total. The molecule has 124 valence electrons. The van der Waals surface area contributed by atoms with Gasteiger partial charge in [0.2, 0.25) is 5.91 Å². The van der Waals surface area contributed by atoms with Crippen molar-refractivity contribution in [3.05, 3.63) is 0 Å². The van der Waals surface area contributed by atoms with Crippen molar-refractivity contribution in [1.82, 2.24) is 10.2 Å². The molecule has 0 aromatic heterocycles. The predicted octanol–water partition coefficient (Wildman–Crippen LogP) is 1.22. The van der Waals surface area contributed by atoms with Gasteiger partial charge in [0.1, 0.15) is 0 Å². The molecule has 0 atom stereocenters. The van der Waals surface area contributed by atoms with Gasteiger partial charge in [-0.3, -0.25) is 4.79 Å². The number of carbonyl (C=O) groups excluding carboxylic acids is 1. The van der Waals surface area contributed by atoms with Crippen LogP contribution in [0.15, 0.2) is 0 Å². The maximum absolute atomic E-state index is 12.0. The summed E-state index contributed by atoms with van der Waals surface area (Å²) in [6.45, 7) is 4.45. The molecule has 0 radical (unpaired) electrons. The first-order valence-electron chi connectivity index (χ1n) is 8.68. The molecule has 0 heterocycles. The first-order valence-corrected chi connectivity index (χ1v) is 8.68. The number of nitrogens with two attached hydrogens (primary N) is 2. The van der Waals surface area contributed by atoms with Crippen LogP contribution in [0.3, 0.4) is 0 Å². The Hall–Kier alpha value is -0.650. The molecule has 5 heteroatoms. The Labute approximate surface area is 129 Å². The fraction of sp³-hybridized carbons (Fsp3) is 0.938. The molecule has 0 saturated heterocycles. The zero-order valence-electron chi connectivity index (χ0n) is 13.5. The van der Waals surface area contributed by atoms with Crippen molar-refractivity contribution >= 4 is 5.91 Å². The van der Waals surface area contributed by atoms with E-state index in [9.17, 15) is 4.79 Å². The minimum atomic E-state index is 0.222. The topological polar surface area (TPSA) is 84.4 Å². The molecule has 21 heavy (non-hydrogen) atoms. The summed E-state index contributed by atoms with van der Waals surface area (Å²) >= 11 is 0. The lowest BCUT2D eigenvalue weighted by atomic mass is 9.95. The molecule has 1 aliphatic rings.